The molecule has 0 bridgehead atoms. The van der Waals surface area contributed by atoms with Gasteiger partial charge in [0, 0.05) is 42.1 Å². The third-order valence-electron chi connectivity index (χ3n) is 3.63. The predicted molar refractivity (Wildman–Crippen MR) is 99.9 cm³/mol. The minimum absolute atomic E-state index is 0.546. The molecule has 0 saturated carbocycles. The van der Waals surface area contributed by atoms with Crippen molar-refractivity contribution in [2.24, 2.45) is 0 Å². The van der Waals surface area contributed by atoms with Gasteiger partial charge in [-0.1, -0.05) is 23.7 Å². The van der Waals surface area contributed by atoms with E-state index in [-0.39, 0.29) is 0 Å². The molecule has 0 spiro atoms. The van der Waals surface area contributed by atoms with E-state index in [2.05, 4.69) is 33.3 Å². The minimum atomic E-state index is 0.546. The Balaban J connectivity index is 1.89. The second-order valence-electron chi connectivity index (χ2n) is 5.43. The maximum Gasteiger partial charge on any atom is 0.222 e. The van der Waals surface area contributed by atoms with Crippen molar-refractivity contribution in [1.29, 1.82) is 0 Å². The normalized spacial score (nSPS) is 10.5. The summed E-state index contributed by atoms with van der Waals surface area (Å²) in [6.45, 7) is 4.26. The number of methoxy groups -OCH3 is 1. The molecule has 0 atom stereocenters. The Hall–Kier alpha value is -2.66. The summed E-state index contributed by atoms with van der Waals surface area (Å²) < 4.78 is 5.39. The van der Waals surface area contributed by atoms with Gasteiger partial charge in [0.25, 0.3) is 0 Å². The standard InChI is InChI=1S/C19H18ClN4O/c1-3-21-19-23-11-14(12-24-19)7-13-8-17(18(25-2)22-10-13)15-5-4-6-16(20)9-15/h4-6,8-12H,1,3,7H2,2H3,(H,21,23,24). The lowest BCUT2D eigenvalue weighted by Gasteiger charge is -2.10. The molecule has 2 aromatic heterocycles. The van der Waals surface area contributed by atoms with Crippen molar-refractivity contribution in [3.8, 4) is 17.0 Å². The average Bonchev–Trinajstić information content (AvgIpc) is 2.63. The van der Waals surface area contributed by atoms with Crippen molar-refractivity contribution in [1.82, 2.24) is 15.0 Å². The van der Waals surface area contributed by atoms with E-state index in [1.807, 2.05) is 24.3 Å². The highest BCUT2D eigenvalue weighted by Crippen LogP contribution is 2.31. The van der Waals surface area contributed by atoms with E-state index in [9.17, 15) is 0 Å². The Morgan fingerprint density at radius 1 is 1.08 bits per heavy atom. The summed E-state index contributed by atoms with van der Waals surface area (Å²) in [6, 6.07) is 9.68. The molecule has 1 aromatic carbocycles. The van der Waals surface area contributed by atoms with Crippen LogP contribution in [-0.2, 0) is 6.42 Å². The summed E-state index contributed by atoms with van der Waals surface area (Å²) in [6.07, 6.45) is 6.08. The second kappa shape index (κ2) is 7.94. The van der Waals surface area contributed by atoms with Crippen LogP contribution < -0.4 is 10.1 Å². The van der Waals surface area contributed by atoms with Gasteiger partial charge in [-0.2, -0.15) is 0 Å². The SMILES string of the molecule is [CH2]CNc1ncc(Cc2cnc(OC)c(-c3cccc(Cl)c3)c2)cn1. The molecule has 1 radical (unpaired) electrons. The van der Waals surface area contributed by atoms with Gasteiger partial charge in [0.05, 0.1) is 7.11 Å². The van der Waals surface area contributed by atoms with Crippen molar-refractivity contribution in [2.75, 3.05) is 19.0 Å². The molecule has 5 nitrogen and oxygen atoms in total. The molecule has 6 heteroatoms. The summed E-state index contributed by atoms with van der Waals surface area (Å²) in [5, 5.41) is 3.65. The summed E-state index contributed by atoms with van der Waals surface area (Å²) in [4.78, 5) is 13.0. The summed E-state index contributed by atoms with van der Waals surface area (Å²) in [5.74, 6) is 1.14. The number of pyridine rings is 1. The van der Waals surface area contributed by atoms with Gasteiger partial charge in [-0.05, 0) is 41.8 Å². The van der Waals surface area contributed by atoms with Crippen molar-refractivity contribution < 1.29 is 4.74 Å². The van der Waals surface area contributed by atoms with Gasteiger partial charge < -0.3 is 10.1 Å². The first-order chi connectivity index (χ1) is 12.2. The zero-order chi connectivity index (χ0) is 17.6. The molecule has 25 heavy (non-hydrogen) atoms. The number of hydrogen-bond acceptors (Lipinski definition) is 5. The lowest BCUT2D eigenvalue weighted by atomic mass is 10.0. The van der Waals surface area contributed by atoms with Crippen LogP contribution in [0, 0.1) is 6.92 Å². The van der Waals surface area contributed by atoms with E-state index in [1.54, 1.807) is 25.7 Å². The van der Waals surface area contributed by atoms with Crippen molar-refractivity contribution in [2.45, 2.75) is 6.42 Å². The molecule has 127 valence electrons. The van der Waals surface area contributed by atoms with E-state index in [4.69, 9.17) is 16.3 Å². The van der Waals surface area contributed by atoms with Gasteiger partial charge in [-0.15, -0.1) is 0 Å². The summed E-state index contributed by atoms with van der Waals surface area (Å²) in [5.41, 5.74) is 3.90. The number of nitrogens with zero attached hydrogens (tertiary/aromatic N) is 3. The average molecular weight is 354 g/mol. The van der Waals surface area contributed by atoms with Crippen molar-refractivity contribution in [3.63, 3.8) is 0 Å². The first-order valence-corrected chi connectivity index (χ1v) is 8.20. The van der Waals surface area contributed by atoms with Gasteiger partial charge in [-0.3, -0.25) is 0 Å². The van der Waals surface area contributed by atoms with Crippen molar-refractivity contribution in [3.05, 3.63) is 72.0 Å². The largest absolute Gasteiger partial charge is 0.481 e. The molecule has 0 aliphatic rings. The van der Waals surface area contributed by atoms with Gasteiger partial charge in [0.1, 0.15) is 0 Å². The van der Waals surface area contributed by atoms with E-state index >= 15 is 0 Å². The highest BCUT2D eigenvalue weighted by molar-refractivity contribution is 6.30. The smallest absolute Gasteiger partial charge is 0.222 e. The zero-order valence-corrected chi connectivity index (χ0v) is 14.6. The molecule has 0 fully saturated rings. The highest BCUT2D eigenvalue weighted by Gasteiger charge is 2.10. The Morgan fingerprint density at radius 3 is 2.52 bits per heavy atom. The molecule has 0 unspecified atom stereocenters. The number of hydrogen-bond donors (Lipinski definition) is 1. The fourth-order valence-corrected chi connectivity index (χ4v) is 2.69. The van der Waals surface area contributed by atoms with E-state index < -0.39 is 0 Å². The maximum absolute atomic E-state index is 6.11. The highest BCUT2D eigenvalue weighted by atomic mass is 35.5. The Bertz CT molecular complexity index is 852. The van der Waals surface area contributed by atoms with Crippen LogP contribution >= 0.6 is 11.6 Å². The van der Waals surface area contributed by atoms with Gasteiger partial charge in [0.2, 0.25) is 11.8 Å². The van der Waals surface area contributed by atoms with Crippen LogP contribution in [-0.4, -0.2) is 28.6 Å². The molecule has 0 aliphatic heterocycles. The molecule has 3 rings (SSSR count). The lowest BCUT2D eigenvalue weighted by Crippen LogP contribution is -2.03. The molecule has 0 amide bonds. The van der Waals surface area contributed by atoms with Gasteiger partial charge in [-0.25, -0.2) is 15.0 Å². The topological polar surface area (TPSA) is 59.9 Å². The number of halogens is 1. The van der Waals surface area contributed by atoms with E-state index in [1.165, 1.54) is 0 Å². The van der Waals surface area contributed by atoms with Crippen LogP contribution in [0.5, 0.6) is 5.88 Å². The summed E-state index contributed by atoms with van der Waals surface area (Å²) >= 11 is 6.11. The quantitative estimate of drug-likeness (QED) is 0.724. The predicted octanol–water partition coefficient (Wildman–Crippen LogP) is 4.04. The number of anilines is 1. The number of rotatable bonds is 6. The van der Waals surface area contributed by atoms with Crippen LogP contribution in [0.15, 0.2) is 48.9 Å². The molecule has 2 heterocycles. The Morgan fingerprint density at radius 2 is 1.84 bits per heavy atom. The van der Waals surface area contributed by atoms with Crippen LogP contribution in [0.2, 0.25) is 5.02 Å². The molecule has 0 saturated heterocycles. The maximum atomic E-state index is 6.11. The fraction of sp³-hybridized carbons (Fsp3) is 0.158. The van der Waals surface area contributed by atoms with Crippen LogP contribution in [0.1, 0.15) is 11.1 Å². The fourth-order valence-electron chi connectivity index (χ4n) is 2.50. The van der Waals surface area contributed by atoms with Gasteiger partial charge >= 0.3 is 0 Å². The lowest BCUT2D eigenvalue weighted by molar-refractivity contribution is 0.399. The van der Waals surface area contributed by atoms with Crippen LogP contribution in [0.4, 0.5) is 5.95 Å². The zero-order valence-electron chi connectivity index (χ0n) is 13.9. The molecule has 3 aromatic rings. The Kier molecular flexibility index (Phi) is 5.46. The monoisotopic (exact) mass is 353 g/mol. The Labute approximate surface area is 152 Å². The number of ether oxygens (including phenoxy) is 1. The second-order valence-corrected chi connectivity index (χ2v) is 5.87. The third kappa shape index (κ3) is 4.25. The number of benzene rings is 1. The first-order valence-electron chi connectivity index (χ1n) is 7.82. The third-order valence-corrected chi connectivity index (χ3v) is 3.87. The molecular formula is C19H18ClN4O. The number of aromatic nitrogens is 3. The minimum Gasteiger partial charge on any atom is -0.481 e. The summed E-state index contributed by atoms with van der Waals surface area (Å²) in [7, 11) is 1.61. The van der Waals surface area contributed by atoms with Gasteiger partial charge in [0.15, 0.2) is 0 Å². The molecule has 0 aliphatic carbocycles. The molecular weight excluding hydrogens is 336 g/mol. The first kappa shape index (κ1) is 17.2. The van der Waals surface area contributed by atoms with E-state index in [0.717, 1.165) is 22.3 Å². The van der Waals surface area contributed by atoms with Crippen LogP contribution in [0.3, 0.4) is 0 Å². The molecule has 1 N–H and O–H groups in total. The van der Waals surface area contributed by atoms with E-state index in [0.29, 0.717) is 29.8 Å². The van der Waals surface area contributed by atoms with Crippen molar-refractivity contribution >= 4 is 17.5 Å². The number of nitrogens with one attached hydrogen (secondary N) is 1. The van der Waals surface area contributed by atoms with Crippen LogP contribution in [0.25, 0.3) is 11.1 Å².